The van der Waals surface area contributed by atoms with Crippen LogP contribution >= 0.6 is 0 Å². The molecule has 0 spiro atoms. The zero-order valence-corrected chi connectivity index (χ0v) is 12.5. The molecule has 3 N–H and O–H groups in total. The molecule has 1 aliphatic rings. The summed E-state index contributed by atoms with van der Waals surface area (Å²) in [5, 5.41) is 37.7. The molecule has 1 aromatic carbocycles. The molecule has 0 saturated carbocycles. The molecule has 1 unspecified atom stereocenters. The Morgan fingerprint density at radius 2 is 2.12 bits per heavy atom. The van der Waals surface area contributed by atoms with Crippen molar-refractivity contribution >= 4 is 5.95 Å². The molecule has 0 saturated heterocycles. The summed E-state index contributed by atoms with van der Waals surface area (Å²) in [6, 6.07) is 6.40. The monoisotopic (exact) mass is 341 g/mol. The minimum atomic E-state index is -0.936. The van der Waals surface area contributed by atoms with Gasteiger partial charge in [-0.25, -0.2) is 4.68 Å². The van der Waals surface area contributed by atoms with Gasteiger partial charge in [0.25, 0.3) is 5.70 Å². The first-order chi connectivity index (χ1) is 12.0. The topological polar surface area (TPSA) is 139 Å². The summed E-state index contributed by atoms with van der Waals surface area (Å²) in [4.78, 5) is 15.2. The van der Waals surface area contributed by atoms with Gasteiger partial charge in [0.1, 0.15) is 0 Å². The van der Waals surface area contributed by atoms with Gasteiger partial charge >= 0.3 is 0 Å². The third-order valence-corrected chi connectivity index (χ3v) is 3.77. The molecule has 25 heavy (non-hydrogen) atoms. The molecule has 2 aromatic heterocycles. The highest BCUT2D eigenvalue weighted by atomic mass is 16.6. The Kier molecular flexibility index (Phi) is 3.17. The van der Waals surface area contributed by atoms with Crippen LogP contribution in [0.25, 0.3) is 11.6 Å². The molecule has 0 bridgehead atoms. The molecule has 0 radical (unpaired) electrons. The van der Waals surface area contributed by atoms with Crippen LogP contribution in [0.3, 0.4) is 0 Å². The molecule has 3 aromatic rings. The zero-order valence-electron chi connectivity index (χ0n) is 12.5. The van der Waals surface area contributed by atoms with Crippen LogP contribution in [0.2, 0.25) is 0 Å². The number of allylic oxidation sites excluding steroid dienone is 1. The van der Waals surface area contributed by atoms with Crippen molar-refractivity contribution in [1.29, 1.82) is 0 Å². The Hall–Kier alpha value is -3.82. The number of hydrogen-bond acceptors (Lipinski definition) is 8. The number of anilines is 1. The van der Waals surface area contributed by atoms with Gasteiger partial charge in [-0.3, -0.25) is 10.1 Å². The zero-order chi connectivity index (χ0) is 17.6. The van der Waals surface area contributed by atoms with Crippen LogP contribution in [-0.4, -0.2) is 29.9 Å². The first-order valence-corrected chi connectivity index (χ1v) is 7.18. The van der Waals surface area contributed by atoms with Crippen molar-refractivity contribution in [2.24, 2.45) is 0 Å². The van der Waals surface area contributed by atoms with Crippen molar-refractivity contribution in [1.82, 2.24) is 14.8 Å². The molecule has 10 nitrogen and oxygen atoms in total. The molecule has 0 aliphatic carbocycles. The highest BCUT2D eigenvalue weighted by Gasteiger charge is 2.36. The van der Waals surface area contributed by atoms with Crippen molar-refractivity contribution in [2.45, 2.75) is 6.04 Å². The number of aromatic hydroxyl groups is 2. The van der Waals surface area contributed by atoms with Crippen LogP contribution in [-0.2, 0) is 0 Å². The van der Waals surface area contributed by atoms with Crippen molar-refractivity contribution in [2.75, 3.05) is 5.32 Å². The minimum Gasteiger partial charge on any atom is -0.504 e. The number of fused-ring (bicyclic) bond motifs is 1. The number of phenols is 2. The normalized spacial score (nSPS) is 16.0. The number of nitrogens with zero attached hydrogens (tertiary/aromatic N) is 4. The van der Waals surface area contributed by atoms with Gasteiger partial charge < -0.3 is 19.9 Å². The van der Waals surface area contributed by atoms with Crippen LogP contribution in [0.1, 0.15) is 11.6 Å². The van der Waals surface area contributed by atoms with E-state index in [1.165, 1.54) is 35.3 Å². The first-order valence-electron chi connectivity index (χ1n) is 7.18. The Bertz CT molecular complexity index is 992. The summed E-state index contributed by atoms with van der Waals surface area (Å²) in [5.74, 6) is 0.262. The molecule has 3 heterocycles. The second-order valence-corrected chi connectivity index (χ2v) is 5.30. The molecule has 1 atom stereocenters. The number of aromatic nitrogens is 3. The lowest BCUT2D eigenvalue weighted by Crippen LogP contribution is -2.25. The van der Waals surface area contributed by atoms with Gasteiger partial charge in [-0.1, -0.05) is 6.07 Å². The molecule has 4 rings (SSSR count). The quantitative estimate of drug-likeness (QED) is 0.374. The second kappa shape index (κ2) is 5.37. The predicted octanol–water partition coefficient (Wildman–Crippen LogP) is 2.08. The second-order valence-electron chi connectivity index (χ2n) is 5.30. The van der Waals surface area contributed by atoms with Gasteiger partial charge in [-0.05, 0) is 29.8 Å². The van der Waals surface area contributed by atoms with E-state index >= 15 is 0 Å². The van der Waals surface area contributed by atoms with Gasteiger partial charge in [-0.2, -0.15) is 4.98 Å². The highest BCUT2D eigenvalue weighted by Crippen LogP contribution is 2.36. The average Bonchev–Trinajstić information content (AvgIpc) is 3.24. The predicted molar refractivity (Wildman–Crippen MR) is 84.3 cm³/mol. The third-order valence-electron chi connectivity index (χ3n) is 3.77. The fraction of sp³-hybridized carbons (Fsp3) is 0.0667. The summed E-state index contributed by atoms with van der Waals surface area (Å²) in [5.41, 5.74) is 0.186. The fourth-order valence-corrected chi connectivity index (χ4v) is 2.63. The largest absolute Gasteiger partial charge is 0.504 e. The van der Waals surface area contributed by atoms with Crippen molar-refractivity contribution in [3.05, 3.63) is 64.2 Å². The van der Waals surface area contributed by atoms with Crippen molar-refractivity contribution in [3.63, 3.8) is 0 Å². The molecule has 0 fully saturated rings. The van der Waals surface area contributed by atoms with Crippen molar-refractivity contribution in [3.8, 4) is 23.1 Å². The lowest BCUT2D eigenvalue weighted by atomic mass is 10.0. The summed E-state index contributed by atoms with van der Waals surface area (Å²) < 4.78 is 6.59. The fourth-order valence-electron chi connectivity index (χ4n) is 2.63. The maximum atomic E-state index is 11.4. The minimum absolute atomic E-state index is 0.187. The summed E-state index contributed by atoms with van der Waals surface area (Å²) in [6.45, 7) is 0. The SMILES string of the molecule is O=[N+]([O-])C1=CNc2nc(-c3ccco3)nn2C1c1ccc(O)c(O)c1. The first kappa shape index (κ1) is 14.8. The molecular formula is C15H11N5O5. The van der Waals surface area contributed by atoms with E-state index in [4.69, 9.17) is 4.42 Å². The Morgan fingerprint density at radius 3 is 2.80 bits per heavy atom. The Morgan fingerprint density at radius 1 is 1.28 bits per heavy atom. The van der Waals surface area contributed by atoms with E-state index in [0.717, 1.165) is 0 Å². The Balaban J connectivity index is 1.86. The number of furan rings is 1. The van der Waals surface area contributed by atoms with Gasteiger partial charge in [0, 0.05) is 0 Å². The number of phenolic OH excluding ortho intramolecular Hbond substituents is 2. The maximum absolute atomic E-state index is 11.4. The maximum Gasteiger partial charge on any atom is 0.291 e. The number of benzene rings is 1. The lowest BCUT2D eigenvalue weighted by molar-refractivity contribution is -0.431. The molecule has 1 aliphatic heterocycles. The van der Waals surface area contributed by atoms with Crippen LogP contribution in [0, 0.1) is 10.1 Å². The van der Waals surface area contributed by atoms with E-state index in [1.807, 2.05) is 0 Å². The highest BCUT2D eigenvalue weighted by molar-refractivity contribution is 5.52. The molecular weight excluding hydrogens is 330 g/mol. The van der Waals surface area contributed by atoms with E-state index in [-0.39, 0.29) is 29.0 Å². The number of hydrogen-bond donors (Lipinski definition) is 3. The number of nitrogens with one attached hydrogen (secondary N) is 1. The van der Waals surface area contributed by atoms with Gasteiger partial charge in [0.05, 0.1) is 17.4 Å². The van der Waals surface area contributed by atoms with E-state index < -0.39 is 11.0 Å². The summed E-state index contributed by atoms with van der Waals surface area (Å²) in [6.07, 6.45) is 2.70. The average molecular weight is 341 g/mol. The van der Waals surface area contributed by atoms with Crippen molar-refractivity contribution < 1.29 is 19.6 Å². The number of rotatable bonds is 3. The summed E-state index contributed by atoms with van der Waals surface area (Å²) >= 11 is 0. The van der Waals surface area contributed by atoms with Gasteiger partial charge in [-0.15, -0.1) is 5.10 Å². The van der Waals surface area contributed by atoms with Crippen LogP contribution < -0.4 is 5.32 Å². The van der Waals surface area contributed by atoms with Crippen LogP contribution in [0.4, 0.5) is 5.95 Å². The lowest BCUT2D eigenvalue weighted by Gasteiger charge is -2.21. The van der Waals surface area contributed by atoms with E-state index in [9.17, 15) is 20.3 Å². The molecule has 0 amide bonds. The van der Waals surface area contributed by atoms with E-state index in [1.54, 1.807) is 12.1 Å². The summed E-state index contributed by atoms with van der Waals surface area (Å²) in [7, 11) is 0. The standard InChI is InChI=1S/C15H11N5O5/c21-10-4-3-8(6-11(10)22)13-9(20(23)24)7-16-15-17-14(18-19(13)15)12-2-1-5-25-12/h1-7,13,21-22H,(H,16,17,18). The van der Waals surface area contributed by atoms with Gasteiger partial charge in [0.2, 0.25) is 11.8 Å². The van der Waals surface area contributed by atoms with Crippen LogP contribution in [0.15, 0.2) is 52.9 Å². The number of nitro groups is 1. The smallest absolute Gasteiger partial charge is 0.291 e. The van der Waals surface area contributed by atoms with E-state index in [0.29, 0.717) is 11.3 Å². The third kappa shape index (κ3) is 2.36. The van der Waals surface area contributed by atoms with Crippen LogP contribution in [0.5, 0.6) is 11.5 Å². The van der Waals surface area contributed by atoms with E-state index in [2.05, 4.69) is 15.4 Å². The Labute approximate surface area is 139 Å². The van der Waals surface area contributed by atoms with Gasteiger partial charge in [0.15, 0.2) is 23.3 Å². The molecule has 126 valence electrons. The molecule has 10 heteroatoms.